The van der Waals surface area contributed by atoms with Crippen LogP contribution in [0.4, 0.5) is 18.9 Å². The smallest absolute Gasteiger partial charge is 0.392 e. The molecule has 7 heteroatoms. The van der Waals surface area contributed by atoms with Crippen molar-refractivity contribution >= 4 is 5.69 Å². The van der Waals surface area contributed by atoms with Crippen molar-refractivity contribution in [2.45, 2.75) is 25.4 Å². The second-order valence-electron chi connectivity index (χ2n) is 4.03. The van der Waals surface area contributed by atoms with Gasteiger partial charge in [-0.25, -0.2) is 0 Å². The summed E-state index contributed by atoms with van der Waals surface area (Å²) in [6.45, 7) is 0.341. The summed E-state index contributed by atoms with van der Waals surface area (Å²) >= 11 is 0. The SMILES string of the molecule is O=[N+]([O-])c1ccc(OCCC/C=C/CC(F)(F)F)cc1. The number of rotatable bonds is 7. The summed E-state index contributed by atoms with van der Waals surface area (Å²) in [6, 6.07) is 5.63. The molecule has 110 valence electrons. The minimum Gasteiger partial charge on any atom is -0.494 e. The average Bonchev–Trinajstić information content (AvgIpc) is 2.37. The molecule has 0 fully saturated rings. The Morgan fingerprint density at radius 3 is 2.40 bits per heavy atom. The predicted molar refractivity (Wildman–Crippen MR) is 67.6 cm³/mol. The molecule has 0 N–H and O–H groups in total. The third kappa shape index (κ3) is 6.77. The summed E-state index contributed by atoms with van der Waals surface area (Å²) in [4.78, 5) is 9.92. The van der Waals surface area contributed by atoms with Crippen LogP contribution in [0.2, 0.25) is 0 Å². The molecule has 0 unspecified atom stereocenters. The fourth-order valence-electron chi connectivity index (χ4n) is 1.39. The maximum Gasteiger partial charge on any atom is 0.392 e. The number of hydrogen-bond donors (Lipinski definition) is 0. The number of non-ortho nitro benzene ring substituents is 1. The first kappa shape index (κ1) is 16.0. The number of alkyl halides is 3. The molecule has 20 heavy (non-hydrogen) atoms. The lowest BCUT2D eigenvalue weighted by Crippen LogP contribution is -2.04. The van der Waals surface area contributed by atoms with Crippen molar-refractivity contribution in [1.29, 1.82) is 0 Å². The van der Waals surface area contributed by atoms with E-state index in [1.807, 2.05) is 0 Å². The van der Waals surface area contributed by atoms with Gasteiger partial charge in [0, 0.05) is 12.1 Å². The van der Waals surface area contributed by atoms with E-state index in [-0.39, 0.29) is 5.69 Å². The highest BCUT2D eigenvalue weighted by molar-refractivity contribution is 5.35. The second-order valence-corrected chi connectivity index (χ2v) is 4.03. The number of nitrogens with zero attached hydrogens (tertiary/aromatic N) is 1. The summed E-state index contributed by atoms with van der Waals surface area (Å²) in [6.07, 6.45) is -1.46. The Hall–Kier alpha value is -2.05. The van der Waals surface area contributed by atoms with Crippen LogP contribution in [-0.4, -0.2) is 17.7 Å². The Labute approximate surface area is 114 Å². The standard InChI is InChI=1S/C13H14F3NO3/c14-13(15,16)9-3-1-2-4-10-20-12-7-5-11(6-8-12)17(18)19/h1,3,5-8H,2,4,9-10H2/b3-1+. The second kappa shape index (κ2) is 7.52. The molecule has 0 saturated carbocycles. The van der Waals surface area contributed by atoms with E-state index in [0.717, 1.165) is 6.08 Å². The number of benzene rings is 1. The van der Waals surface area contributed by atoms with Crippen LogP contribution in [0.5, 0.6) is 5.75 Å². The van der Waals surface area contributed by atoms with Gasteiger partial charge in [-0.3, -0.25) is 10.1 Å². The van der Waals surface area contributed by atoms with Gasteiger partial charge in [0.15, 0.2) is 0 Å². The predicted octanol–water partition coefficient (Wildman–Crippen LogP) is 4.26. The van der Waals surface area contributed by atoms with Gasteiger partial charge in [-0.2, -0.15) is 13.2 Å². The summed E-state index contributed by atoms with van der Waals surface area (Å²) < 4.78 is 40.8. The number of allylic oxidation sites excluding steroid dienone is 2. The van der Waals surface area contributed by atoms with Crippen molar-refractivity contribution < 1.29 is 22.8 Å². The van der Waals surface area contributed by atoms with Gasteiger partial charge >= 0.3 is 6.18 Å². The molecule has 0 atom stereocenters. The van der Waals surface area contributed by atoms with Crippen molar-refractivity contribution in [2.24, 2.45) is 0 Å². The molecule has 4 nitrogen and oxygen atoms in total. The summed E-state index contributed by atoms with van der Waals surface area (Å²) in [5.74, 6) is 0.495. The molecule has 0 aliphatic heterocycles. The normalized spacial score (nSPS) is 11.8. The van der Waals surface area contributed by atoms with Gasteiger partial charge in [0.1, 0.15) is 5.75 Å². The number of halogens is 3. The maximum atomic E-state index is 11.8. The lowest BCUT2D eigenvalue weighted by molar-refractivity contribution is -0.384. The molecule has 0 aliphatic carbocycles. The van der Waals surface area contributed by atoms with Crippen LogP contribution in [0.3, 0.4) is 0 Å². The van der Waals surface area contributed by atoms with Crippen LogP contribution < -0.4 is 4.74 Å². The molecule has 1 aromatic carbocycles. The number of unbranched alkanes of at least 4 members (excludes halogenated alkanes) is 1. The molecule has 0 aromatic heterocycles. The summed E-state index contributed by atoms with van der Waals surface area (Å²) in [7, 11) is 0. The zero-order valence-electron chi connectivity index (χ0n) is 10.6. The number of nitro groups is 1. The van der Waals surface area contributed by atoms with E-state index in [4.69, 9.17) is 4.74 Å². The molecular formula is C13H14F3NO3. The van der Waals surface area contributed by atoms with E-state index in [9.17, 15) is 23.3 Å². The first-order valence-corrected chi connectivity index (χ1v) is 5.97. The topological polar surface area (TPSA) is 52.4 Å². The van der Waals surface area contributed by atoms with Crippen molar-refractivity contribution in [3.8, 4) is 5.75 Å². The van der Waals surface area contributed by atoms with E-state index < -0.39 is 17.5 Å². The molecule has 0 aliphatic rings. The van der Waals surface area contributed by atoms with Crippen LogP contribution >= 0.6 is 0 Å². The van der Waals surface area contributed by atoms with Gasteiger partial charge in [-0.1, -0.05) is 12.2 Å². The largest absolute Gasteiger partial charge is 0.494 e. The van der Waals surface area contributed by atoms with Gasteiger partial charge in [0.25, 0.3) is 5.69 Å². The minimum atomic E-state index is -4.16. The number of ether oxygens (including phenoxy) is 1. The molecule has 1 aromatic rings. The van der Waals surface area contributed by atoms with Gasteiger partial charge in [-0.05, 0) is 25.0 Å². The van der Waals surface area contributed by atoms with E-state index in [1.165, 1.54) is 30.3 Å². The Kier molecular flexibility index (Phi) is 6.02. The fraction of sp³-hybridized carbons (Fsp3) is 0.385. The van der Waals surface area contributed by atoms with Gasteiger partial charge in [0.2, 0.25) is 0 Å². The highest BCUT2D eigenvalue weighted by atomic mass is 19.4. The molecule has 0 saturated heterocycles. The lowest BCUT2D eigenvalue weighted by Gasteiger charge is -2.04. The highest BCUT2D eigenvalue weighted by Crippen LogP contribution is 2.20. The lowest BCUT2D eigenvalue weighted by atomic mass is 10.2. The minimum absolute atomic E-state index is 0.0209. The van der Waals surface area contributed by atoms with Crippen molar-refractivity contribution in [3.05, 3.63) is 46.5 Å². The van der Waals surface area contributed by atoms with E-state index in [2.05, 4.69) is 0 Å². The van der Waals surface area contributed by atoms with Crippen LogP contribution in [0, 0.1) is 10.1 Å². The quantitative estimate of drug-likeness (QED) is 0.326. The van der Waals surface area contributed by atoms with Gasteiger partial charge in [0.05, 0.1) is 18.0 Å². The van der Waals surface area contributed by atoms with Crippen LogP contribution in [0.1, 0.15) is 19.3 Å². The first-order chi connectivity index (χ1) is 9.38. The third-order valence-corrected chi connectivity index (χ3v) is 2.35. The highest BCUT2D eigenvalue weighted by Gasteiger charge is 2.24. The first-order valence-electron chi connectivity index (χ1n) is 5.97. The van der Waals surface area contributed by atoms with Crippen LogP contribution in [-0.2, 0) is 0 Å². The van der Waals surface area contributed by atoms with Crippen LogP contribution in [0.25, 0.3) is 0 Å². The van der Waals surface area contributed by atoms with Crippen molar-refractivity contribution in [1.82, 2.24) is 0 Å². The van der Waals surface area contributed by atoms with E-state index >= 15 is 0 Å². The zero-order chi connectivity index (χ0) is 15.0. The zero-order valence-corrected chi connectivity index (χ0v) is 10.6. The van der Waals surface area contributed by atoms with Crippen molar-refractivity contribution in [2.75, 3.05) is 6.61 Å². The van der Waals surface area contributed by atoms with E-state index in [0.29, 0.717) is 25.2 Å². The Morgan fingerprint density at radius 1 is 1.20 bits per heavy atom. The Morgan fingerprint density at radius 2 is 1.85 bits per heavy atom. The summed E-state index contributed by atoms with van der Waals surface area (Å²) in [5.41, 5.74) is -0.0209. The monoisotopic (exact) mass is 289 g/mol. The molecule has 1 rings (SSSR count). The van der Waals surface area contributed by atoms with Gasteiger partial charge in [-0.15, -0.1) is 0 Å². The maximum absolute atomic E-state index is 11.8. The molecule has 0 spiro atoms. The average molecular weight is 289 g/mol. The third-order valence-electron chi connectivity index (χ3n) is 2.35. The van der Waals surface area contributed by atoms with E-state index in [1.54, 1.807) is 0 Å². The van der Waals surface area contributed by atoms with Crippen molar-refractivity contribution in [3.63, 3.8) is 0 Å². The molecular weight excluding hydrogens is 275 g/mol. The number of hydrogen-bond acceptors (Lipinski definition) is 3. The number of nitro benzene ring substituents is 1. The fourth-order valence-corrected chi connectivity index (χ4v) is 1.39. The Balaban J connectivity index is 2.20. The molecule has 0 amide bonds. The summed E-state index contributed by atoms with van der Waals surface area (Å²) in [5, 5.41) is 10.4. The Bertz CT molecular complexity index is 455. The molecule has 0 heterocycles. The molecule has 0 bridgehead atoms. The molecule has 0 radical (unpaired) electrons. The van der Waals surface area contributed by atoms with Gasteiger partial charge < -0.3 is 4.74 Å². The van der Waals surface area contributed by atoms with Crippen LogP contribution in [0.15, 0.2) is 36.4 Å².